The summed E-state index contributed by atoms with van der Waals surface area (Å²) in [6.45, 7) is 10.8. The molecule has 2 aromatic heterocycles. The van der Waals surface area contributed by atoms with E-state index in [0.717, 1.165) is 16.5 Å². The second-order valence-electron chi connectivity index (χ2n) is 19.0. The number of rotatable bonds is 29. The highest BCUT2D eigenvalue weighted by molar-refractivity contribution is 5.98. The average Bonchev–Trinajstić information content (AvgIpc) is 4.02. The molecule has 0 aliphatic carbocycles. The standard InChI is InChI=1S/C51H71N13O10/c1-28(2)19-36(25-54-31(6)65)60-49(72)42(22-35-24-53-27-57-35)61-44(68)26-56-51(74)45(29(3)4)64-46(69)30(5)58-48(71)41(21-34-23-55-38-16-12-11-15-37(34)38)63-47(70)39(17-18-43(52)67)62-50(73)40(59-32(7)66)20-33-13-9-8-10-14-33/h8-16,23-24,27-30,36,39-42,45,55H,17-22,25-26H2,1-7H3,(H2,52,67)(H,53,57)(H,54,65)(H,56,74)(H,58,71)(H,59,66)(H,60,72)(H,61,68)(H,62,73)(H,63,70)(H,64,69)/t30-,36-,39-,40+,41-,42-,45-/m0/s1. The molecule has 0 saturated carbocycles. The molecule has 0 bridgehead atoms. The maximum atomic E-state index is 14.2. The van der Waals surface area contributed by atoms with Crippen LogP contribution in [0.3, 0.4) is 0 Å². The Kier molecular flexibility index (Phi) is 22.8. The van der Waals surface area contributed by atoms with Crippen molar-refractivity contribution in [3.8, 4) is 0 Å². The quantitative estimate of drug-likeness (QED) is 0.0331. The molecule has 7 atom stereocenters. The predicted molar refractivity (Wildman–Crippen MR) is 274 cm³/mol. The van der Waals surface area contributed by atoms with Gasteiger partial charge in [-0.1, -0.05) is 76.2 Å². The minimum absolute atomic E-state index is 0.0304. The van der Waals surface area contributed by atoms with E-state index in [4.69, 9.17) is 5.73 Å². The number of aromatic amines is 2. The van der Waals surface area contributed by atoms with E-state index in [1.165, 1.54) is 33.3 Å². The summed E-state index contributed by atoms with van der Waals surface area (Å²) in [6.07, 6.45) is 4.56. The fourth-order valence-electron chi connectivity index (χ4n) is 8.01. The summed E-state index contributed by atoms with van der Waals surface area (Å²) >= 11 is 0. The molecule has 0 spiro atoms. The molecule has 4 rings (SSSR count). The zero-order valence-electron chi connectivity index (χ0n) is 42.9. The van der Waals surface area contributed by atoms with Crippen LogP contribution in [-0.4, -0.2) is 129 Å². The second kappa shape index (κ2) is 28.8. The van der Waals surface area contributed by atoms with Gasteiger partial charge in [0, 0.05) is 81.1 Å². The highest BCUT2D eigenvalue weighted by Crippen LogP contribution is 2.20. The number of benzene rings is 2. The number of aromatic nitrogens is 3. The van der Waals surface area contributed by atoms with Gasteiger partial charge in [-0.3, -0.25) is 47.9 Å². The maximum absolute atomic E-state index is 14.2. The van der Waals surface area contributed by atoms with E-state index >= 15 is 0 Å². The number of fused-ring (bicyclic) bond motifs is 1. The lowest BCUT2D eigenvalue weighted by Crippen LogP contribution is -2.60. The van der Waals surface area contributed by atoms with Crippen LogP contribution in [0, 0.1) is 11.8 Å². The van der Waals surface area contributed by atoms with Crippen molar-refractivity contribution in [2.75, 3.05) is 13.1 Å². The normalized spacial score (nSPS) is 14.0. The van der Waals surface area contributed by atoms with E-state index in [9.17, 15) is 47.9 Å². The number of H-pyrrole nitrogens is 2. The van der Waals surface area contributed by atoms with Crippen molar-refractivity contribution in [1.82, 2.24) is 62.8 Å². The highest BCUT2D eigenvalue weighted by Gasteiger charge is 2.33. The summed E-state index contributed by atoms with van der Waals surface area (Å²) in [7, 11) is 0. The molecule has 2 heterocycles. The molecule has 0 fully saturated rings. The number of amides is 10. The third-order valence-electron chi connectivity index (χ3n) is 11.8. The van der Waals surface area contributed by atoms with Crippen LogP contribution in [-0.2, 0) is 67.2 Å². The summed E-state index contributed by atoms with van der Waals surface area (Å²) in [5.41, 5.74) is 8.09. The van der Waals surface area contributed by atoms with E-state index < -0.39 is 108 Å². The number of nitrogens with zero attached hydrogens (tertiary/aromatic N) is 1. The molecule has 0 unspecified atom stereocenters. The van der Waals surface area contributed by atoms with E-state index in [1.807, 2.05) is 32.0 Å². The topological polar surface area (TPSA) is 349 Å². The molecule has 0 aliphatic heterocycles. The van der Waals surface area contributed by atoms with Crippen LogP contribution in [0.1, 0.15) is 84.5 Å². The number of carbonyl (C=O) groups excluding carboxylic acids is 10. The molecule has 400 valence electrons. The molecular weight excluding hydrogens is 955 g/mol. The number of nitrogens with one attached hydrogen (secondary N) is 11. The van der Waals surface area contributed by atoms with Gasteiger partial charge < -0.3 is 63.6 Å². The second-order valence-corrected chi connectivity index (χ2v) is 19.0. The largest absolute Gasteiger partial charge is 0.370 e. The van der Waals surface area contributed by atoms with Gasteiger partial charge in [-0.2, -0.15) is 0 Å². The van der Waals surface area contributed by atoms with Crippen molar-refractivity contribution in [3.63, 3.8) is 0 Å². The van der Waals surface area contributed by atoms with Crippen LogP contribution < -0.4 is 53.6 Å². The number of imidazole rings is 1. The van der Waals surface area contributed by atoms with Crippen LogP contribution in [0.2, 0.25) is 0 Å². The molecule has 0 radical (unpaired) electrons. The first kappa shape index (κ1) is 58.5. The Morgan fingerprint density at radius 1 is 0.608 bits per heavy atom. The van der Waals surface area contributed by atoms with Crippen LogP contribution >= 0.6 is 0 Å². The van der Waals surface area contributed by atoms with Gasteiger partial charge in [0.25, 0.3) is 0 Å². The first-order valence-electron chi connectivity index (χ1n) is 24.5. The Hall–Kier alpha value is -8.11. The van der Waals surface area contributed by atoms with Crippen molar-refractivity contribution in [2.45, 2.75) is 129 Å². The molecule has 74 heavy (non-hydrogen) atoms. The minimum atomic E-state index is -1.41. The summed E-state index contributed by atoms with van der Waals surface area (Å²) in [6, 6.07) is 8.18. The fraction of sp³-hybridized carbons (Fsp3) is 0.471. The van der Waals surface area contributed by atoms with Crippen molar-refractivity contribution in [1.29, 1.82) is 0 Å². The van der Waals surface area contributed by atoms with Gasteiger partial charge in [0.15, 0.2) is 0 Å². The van der Waals surface area contributed by atoms with Gasteiger partial charge in [-0.05, 0) is 48.8 Å². The van der Waals surface area contributed by atoms with Crippen LogP contribution in [0.4, 0.5) is 0 Å². The van der Waals surface area contributed by atoms with Crippen molar-refractivity contribution < 1.29 is 47.9 Å². The lowest BCUT2D eigenvalue weighted by atomic mass is 10.0. The summed E-state index contributed by atoms with van der Waals surface area (Å²) in [5, 5.41) is 24.7. The Labute approximate surface area is 429 Å². The van der Waals surface area contributed by atoms with Crippen molar-refractivity contribution in [3.05, 3.63) is 90.1 Å². The monoisotopic (exact) mass is 1030 g/mol. The molecule has 10 amide bonds. The van der Waals surface area contributed by atoms with Gasteiger partial charge in [-0.25, -0.2) is 4.98 Å². The van der Waals surface area contributed by atoms with Crippen molar-refractivity contribution >= 4 is 70.0 Å². The molecule has 0 aliphatic rings. The lowest BCUT2D eigenvalue weighted by Gasteiger charge is -2.27. The van der Waals surface area contributed by atoms with E-state index in [0.29, 0.717) is 17.7 Å². The Balaban J connectivity index is 1.47. The number of para-hydroxylation sites is 1. The van der Waals surface area contributed by atoms with E-state index in [2.05, 4.69) is 62.8 Å². The summed E-state index contributed by atoms with van der Waals surface area (Å²) in [4.78, 5) is 142. The van der Waals surface area contributed by atoms with Crippen LogP contribution in [0.15, 0.2) is 73.3 Å². The molecule has 4 aromatic rings. The third-order valence-corrected chi connectivity index (χ3v) is 11.8. The number of hydrogen-bond acceptors (Lipinski definition) is 11. The number of hydrogen-bond donors (Lipinski definition) is 12. The molecule has 23 nitrogen and oxygen atoms in total. The zero-order chi connectivity index (χ0) is 54.5. The van der Waals surface area contributed by atoms with Crippen LogP contribution in [0.5, 0.6) is 0 Å². The van der Waals surface area contributed by atoms with Crippen molar-refractivity contribution in [2.24, 2.45) is 17.6 Å². The molecule has 23 heteroatoms. The summed E-state index contributed by atoms with van der Waals surface area (Å²) < 4.78 is 0. The summed E-state index contributed by atoms with van der Waals surface area (Å²) in [5.74, 6) is -7.04. The van der Waals surface area contributed by atoms with Gasteiger partial charge in [0.05, 0.1) is 12.9 Å². The zero-order valence-corrected chi connectivity index (χ0v) is 42.9. The Morgan fingerprint density at radius 3 is 1.86 bits per heavy atom. The number of primary amides is 1. The number of nitrogens with two attached hydrogens (primary N) is 1. The van der Waals surface area contributed by atoms with E-state index in [1.54, 1.807) is 56.4 Å². The Morgan fingerprint density at radius 2 is 1.23 bits per heavy atom. The predicted octanol–water partition coefficient (Wildman–Crippen LogP) is -0.428. The van der Waals surface area contributed by atoms with Gasteiger partial charge in [0.2, 0.25) is 59.1 Å². The van der Waals surface area contributed by atoms with Gasteiger partial charge in [0.1, 0.15) is 36.3 Å². The van der Waals surface area contributed by atoms with Gasteiger partial charge >= 0.3 is 0 Å². The smallest absolute Gasteiger partial charge is 0.243 e. The first-order valence-corrected chi connectivity index (χ1v) is 24.5. The third kappa shape index (κ3) is 19.5. The first-order chi connectivity index (χ1) is 35.1. The SMILES string of the molecule is CC(=O)NC[C@H](CC(C)C)NC(=O)[C@H](Cc1cnc[nH]1)NC(=O)CNC(=O)[C@@H](NC(=O)[C@H](C)NC(=O)[C@H](Cc1c[nH]c2ccccc12)NC(=O)[C@H](CCC(N)=O)NC(=O)[C@@H](Cc1ccccc1)NC(C)=O)C(C)C. The van der Waals surface area contributed by atoms with Crippen LogP contribution in [0.25, 0.3) is 10.9 Å². The molecule has 13 N–H and O–H groups in total. The lowest BCUT2D eigenvalue weighted by molar-refractivity contribution is -0.135. The maximum Gasteiger partial charge on any atom is 0.243 e. The molecule has 0 saturated heterocycles. The average molecular weight is 1030 g/mol. The highest BCUT2D eigenvalue weighted by atomic mass is 16.2. The molecule has 2 aromatic carbocycles. The molecular formula is C51H71N13O10. The van der Waals surface area contributed by atoms with E-state index in [-0.39, 0.29) is 50.5 Å². The Bertz CT molecular complexity index is 2570. The number of carbonyl (C=O) groups is 10. The van der Waals surface area contributed by atoms with Gasteiger partial charge in [-0.15, -0.1) is 0 Å². The minimum Gasteiger partial charge on any atom is -0.370 e. The fourth-order valence-corrected chi connectivity index (χ4v) is 8.01.